The van der Waals surface area contributed by atoms with Gasteiger partial charge >= 0.3 is 0 Å². The number of rotatable bonds is 5. The van der Waals surface area contributed by atoms with E-state index in [9.17, 15) is 0 Å². The Kier molecular flexibility index (Phi) is 4.17. The van der Waals surface area contributed by atoms with Gasteiger partial charge in [0.2, 0.25) is 0 Å². The van der Waals surface area contributed by atoms with E-state index >= 15 is 0 Å². The van der Waals surface area contributed by atoms with E-state index in [1.807, 2.05) is 6.20 Å². The number of thiazole rings is 1. The molecule has 0 amide bonds. The largest absolute Gasteiger partial charge is 0.294 e. The molecule has 20 heavy (non-hydrogen) atoms. The molecule has 2 aromatic heterocycles. The van der Waals surface area contributed by atoms with Crippen LogP contribution >= 0.6 is 11.3 Å². The Morgan fingerprint density at radius 3 is 3.05 bits per heavy atom. The molecule has 0 saturated carbocycles. The smallest absolute Gasteiger partial charge is 0.110 e. The molecule has 1 aliphatic rings. The number of hydrogen-bond acceptors (Lipinski definition) is 4. The van der Waals surface area contributed by atoms with Crippen LogP contribution in [-0.2, 0) is 6.42 Å². The monoisotopic (exact) mass is 290 g/mol. The average molecular weight is 290 g/mol. The van der Waals surface area contributed by atoms with Gasteiger partial charge in [0.25, 0.3) is 0 Å². The summed E-state index contributed by atoms with van der Waals surface area (Å²) in [6.07, 6.45) is 6.72. The zero-order valence-corrected chi connectivity index (χ0v) is 13.0. The Hall–Kier alpha value is -1.20. The third-order valence-electron chi connectivity index (χ3n) is 4.31. The molecular weight excluding hydrogens is 268 g/mol. The molecule has 0 bridgehead atoms. The van der Waals surface area contributed by atoms with Crippen molar-refractivity contribution in [3.8, 4) is 0 Å². The van der Waals surface area contributed by atoms with E-state index in [0.717, 1.165) is 13.0 Å². The highest BCUT2D eigenvalue weighted by atomic mass is 32.1. The molecule has 3 heterocycles. The zero-order valence-electron chi connectivity index (χ0n) is 12.2. The summed E-state index contributed by atoms with van der Waals surface area (Å²) in [5.41, 5.74) is 3.75. The third-order valence-corrected chi connectivity index (χ3v) is 5.19. The SMILES string of the molecule is Cc1[nH]nc(CCCN2CCCC2c2nccs2)c1C. The highest BCUT2D eigenvalue weighted by Crippen LogP contribution is 2.32. The lowest BCUT2D eigenvalue weighted by molar-refractivity contribution is 0.253. The third kappa shape index (κ3) is 2.79. The second-order valence-electron chi connectivity index (χ2n) is 5.59. The van der Waals surface area contributed by atoms with Gasteiger partial charge in [-0.15, -0.1) is 11.3 Å². The lowest BCUT2D eigenvalue weighted by atomic mass is 10.1. The van der Waals surface area contributed by atoms with E-state index in [-0.39, 0.29) is 0 Å². The minimum absolute atomic E-state index is 0.553. The van der Waals surface area contributed by atoms with E-state index in [1.165, 1.54) is 47.8 Å². The number of H-pyrrole nitrogens is 1. The van der Waals surface area contributed by atoms with Gasteiger partial charge in [-0.1, -0.05) is 0 Å². The summed E-state index contributed by atoms with van der Waals surface area (Å²) in [7, 11) is 0. The van der Waals surface area contributed by atoms with Crippen LogP contribution in [0, 0.1) is 13.8 Å². The summed E-state index contributed by atoms with van der Waals surface area (Å²) >= 11 is 1.79. The van der Waals surface area contributed by atoms with Crippen LogP contribution < -0.4 is 0 Å². The molecule has 3 rings (SSSR count). The lowest BCUT2D eigenvalue weighted by Crippen LogP contribution is -2.24. The zero-order chi connectivity index (χ0) is 13.9. The van der Waals surface area contributed by atoms with E-state index in [0.29, 0.717) is 6.04 Å². The van der Waals surface area contributed by atoms with Gasteiger partial charge in [0.05, 0.1) is 11.7 Å². The van der Waals surface area contributed by atoms with E-state index in [4.69, 9.17) is 0 Å². The van der Waals surface area contributed by atoms with Gasteiger partial charge in [0.1, 0.15) is 5.01 Å². The second kappa shape index (κ2) is 6.06. The number of aromatic amines is 1. The molecule has 1 fully saturated rings. The van der Waals surface area contributed by atoms with Crippen LogP contribution in [0.15, 0.2) is 11.6 Å². The molecule has 5 heteroatoms. The maximum absolute atomic E-state index is 4.49. The van der Waals surface area contributed by atoms with Crippen molar-refractivity contribution in [3.05, 3.63) is 33.5 Å². The molecular formula is C15H22N4S. The Morgan fingerprint density at radius 1 is 1.45 bits per heavy atom. The quantitative estimate of drug-likeness (QED) is 0.919. The number of nitrogens with zero attached hydrogens (tertiary/aromatic N) is 3. The maximum atomic E-state index is 4.49. The Labute approximate surface area is 124 Å². The van der Waals surface area contributed by atoms with Crippen LogP contribution in [0.2, 0.25) is 0 Å². The van der Waals surface area contributed by atoms with Crippen molar-refractivity contribution in [2.45, 2.75) is 45.6 Å². The van der Waals surface area contributed by atoms with Crippen LogP contribution in [0.4, 0.5) is 0 Å². The van der Waals surface area contributed by atoms with Gasteiger partial charge in [-0.25, -0.2) is 4.98 Å². The van der Waals surface area contributed by atoms with Gasteiger partial charge < -0.3 is 0 Å². The summed E-state index contributed by atoms with van der Waals surface area (Å²) in [5, 5.41) is 10.8. The molecule has 1 aliphatic heterocycles. The molecule has 4 nitrogen and oxygen atoms in total. The molecule has 1 atom stereocenters. The van der Waals surface area contributed by atoms with Crippen LogP contribution in [0.5, 0.6) is 0 Å². The highest BCUT2D eigenvalue weighted by molar-refractivity contribution is 7.09. The van der Waals surface area contributed by atoms with Gasteiger partial charge in [-0.3, -0.25) is 10.00 Å². The van der Waals surface area contributed by atoms with E-state index in [2.05, 4.69) is 39.3 Å². The number of aromatic nitrogens is 3. The molecule has 0 radical (unpaired) electrons. The summed E-state index contributed by atoms with van der Waals surface area (Å²) in [4.78, 5) is 7.08. The van der Waals surface area contributed by atoms with Crippen LogP contribution in [0.1, 0.15) is 47.3 Å². The maximum Gasteiger partial charge on any atom is 0.110 e. The van der Waals surface area contributed by atoms with E-state index in [1.54, 1.807) is 11.3 Å². The standard InChI is InChI=1S/C15H22N4S/c1-11-12(2)17-18-13(11)5-3-8-19-9-4-6-14(19)15-16-7-10-20-15/h7,10,14H,3-6,8-9H2,1-2H3,(H,17,18). The Morgan fingerprint density at radius 2 is 2.35 bits per heavy atom. The fourth-order valence-corrected chi connectivity index (χ4v) is 3.81. The fraction of sp³-hybridized carbons (Fsp3) is 0.600. The molecule has 2 aromatic rings. The average Bonchev–Trinajstić information content (AvgIpc) is 3.15. The molecule has 108 valence electrons. The van der Waals surface area contributed by atoms with Crippen molar-refractivity contribution in [1.82, 2.24) is 20.1 Å². The highest BCUT2D eigenvalue weighted by Gasteiger charge is 2.27. The van der Waals surface area contributed by atoms with Crippen molar-refractivity contribution in [2.24, 2.45) is 0 Å². The van der Waals surface area contributed by atoms with Crippen molar-refractivity contribution >= 4 is 11.3 Å². The first-order valence-electron chi connectivity index (χ1n) is 7.39. The first-order chi connectivity index (χ1) is 9.75. The molecule has 0 aromatic carbocycles. The summed E-state index contributed by atoms with van der Waals surface area (Å²) in [5.74, 6) is 0. The molecule has 1 N–H and O–H groups in total. The minimum Gasteiger partial charge on any atom is -0.294 e. The van der Waals surface area contributed by atoms with Crippen molar-refractivity contribution in [2.75, 3.05) is 13.1 Å². The number of likely N-dealkylation sites (tertiary alicyclic amines) is 1. The van der Waals surface area contributed by atoms with Crippen molar-refractivity contribution < 1.29 is 0 Å². The second-order valence-corrected chi connectivity index (χ2v) is 6.51. The Bertz CT molecular complexity index is 546. The summed E-state index contributed by atoms with van der Waals surface area (Å²) in [6, 6.07) is 0.553. The van der Waals surface area contributed by atoms with Crippen molar-refractivity contribution in [3.63, 3.8) is 0 Å². The van der Waals surface area contributed by atoms with Crippen LogP contribution in [0.25, 0.3) is 0 Å². The van der Waals surface area contributed by atoms with Gasteiger partial charge in [-0.2, -0.15) is 5.10 Å². The van der Waals surface area contributed by atoms with Crippen LogP contribution in [-0.4, -0.2) is 33.2 Å². The minimum atomic E-state index is 0.553. The number of nitrogens with one attached hydrogen (secondary N) is 1. The molecule has 0 spiro atoms. The van der Waals surface area contributed by atoms with Crippen molar-refractivity contribution in [1.29, 1.82) is 0 Å². The van der Waals surface area contributed by atoms with Gasteiger partial charge in [0.15, 0.2) is 0 Å². The summed E-state index contributed by atoms with van der Waals surface area (Å²) in [6.45, 7) is 6.60. The van der Waals surface area contributed by atoms with Gasteiger partial charge in [-0.05, 0) is 58.2 Å². The van der Waals surface area contributed by atoms with Crippen LogP contribution in [0.3, 0.4) is 0 Å². The first kappa shape index (κ1) is 13.8. The Balaban J connectivity index is 1.54. The van der Waals surface area contributed by atoms with E-state index < -0.39 is 0 Å². The molecule has 0 aliphatic carbocycles. The molecule has 1 saturated heterocycles. The fourth-order valence-electron chi connectivity index (χ4n) is 3.00. The lowest BCUT2D eigenvalue weighted by Gasteiger charge is -2.22. The predicted octanol–water partition coefficient (Wildman–Crippen LogP) is 3.25. The predicted molar refractivity (Wildman–Crippen MR) is 82.0 cm³/mol. The number of hydrogen-bond donors (Lipinski definition) is 1. The van der Waals surface area contributed by atoms with Gasteiger partial charge in [0, 0.05) is 17.3 Å². The summed E-state index contributed by atoms with van der Waals surface area (Å²) < 4.78 is 0. The first-order valence-corrected chi connectivity index (χ1v) is 8.27. The number of aryl methyl sites for hydroxylation is 2. The normalized spacial score (nSPS) is 19.8. The molecule has 1 unspecified atom stereocenters. The topological polar surface area (TPSA) is 44.8 Å².